The summed E-state index contributed by atoms with van der Waals surface area (Å²) >= 11 is 0. The topological polar surface area (TPSA) is 70.9 Å². The van der Waals surface area contributed by atoms with E-state index in [4.69, 9.17) is 5.11 Å². The fraction of sp³-hybridized carbons (Fsp3) is 0.500. The first-order chi connectivity index (χ1) is 5.29. The number of aromatic nitrogens is 3. The number of hydrogen-bond donors (Lipinski definition) is 2. The Morgan fingerprint density at radius 1 is 1.73 bits per heavy atom. The Morgan fingerprint density at radius 3 is 3.09 bits per heavy atom. The monoisotopic (exact) mass is 154 g/mol. The molecule has 2 N–H and O–H groups in total. The molecule has 0 saturated heterocycles. The molecule has 60 valence electrons. The van der Waals surface area contributed by atoms with Crippen molar-refractivity contribution in [2.45, 2.75) is 13.0 Å². The van der Waals surface area contributed by atoms with Crippen LogP contribution in [0, 0.1) is 0 Å². The first-order valence-electron chi connectivity index (χ1n) is 3.35. The lowest BCUT2D eigenvalue weighted by Gasteiger charge is -2.04. The standard InChI is InChI=1S/C6H10N4O/c1-5(11)4-7-6-2-3-8-10-9-6/h2-3,5,11H,4H2,1H3,(H,7,8,9). The summed E-state index contributed by atoms with van der Waals surface area (Å²) in [5, 5.41) is 22.4. The van der Waals surface area contributed by atoms with Gasteiger partial charge in [0.2, 0.25) is 0 Å². The Kier molecular flexibility index (Phi) is 2.74. The minimum absolute atomic E-state index is 0.384. The average Bonchev–Trinajstić information content (AvgIpc) is 2.03. The quantitative estimate of drug-likeness (QED) is 0.623. The van der Waals surface area contributed by atoms with Crippen LogP contribution in [0.5, 0.6) is 0 Å². The van der Waals surface area contributed by atoms with Crippen LogP contribution >= 0.6 is 0 Å². The number of anilines is 1. The molecule has 0 spiro atoms. The lowest BCUT2D eigenvalue weighted by molar-refractivity contribution is 0.208. The van der Waals surface area contributed by atoms with E-state index in [1.807, 2.05) is 0 Å². The number of hydrogen-bond acceptors (Lipinski definition) is 5. The third-order valence-electron chi connectivity index (χ3n) is 1.08. The van der Waals surface area contributed by atoms with E-state index in [1.54, 1.807) is 13.0 Å². The van der Waals surface area contributed by atoms with Crippen LogP contribution in [0.25, 0.3) is 0 Å². The van der Waals surface area contributed by atoms with Gasteiger partial charge < -0.3 is 10.4 Å². The molecule has 0 aromatic carbocycles. The summed E-state index contributed by atoms with van der Waals surface area (Å²) in [6.07, 6.45) is 1.15. The Balaban J connectivity index is 2.39. The molecule has 1 rings (SSSR count). The third-order valence-corrected chi connectivity index (χ3v) is 1.08. The Labute approximate surface area is 64.5 Å². The maximum Gasteiger partial charge on any atom is 0.152 e. The van der Waals surface area contributed by atoms with Crippen LogP contribution in [-0.4, -0.2) is 33.2 Å². The first-order valence-corrected chi connectivity index (χ1v) is 3.35. The van der Waals surface area contributed by atoms with Crippen molar-refractivity contribution in [2.24, 2.45) is 0 Å². The maximum atomic E-state index is 8.89. The van der Waals surface area contributed by atoms with E-state index in [-0.39, 0.29) is 6.10 Å². The van der Waals surface area contributed by atoms with E-state index < -0.39 is 0 Å². The third kappa shape index (κ3) is 2.90. The zero-order valence-electron chi connectivity index (χ0n) is 6.23. The van der Waals surface area contributed by atoms with Crippen molar-refractivity contribution in [3.8, 4) is 0 Å². The second-order valence-electron chi connectivity index (χ2n) is 2.24. The van der Waals surface area contributed by atoms with Gasteiger partial charge in [0.1, 0.15) is 0 Å². The molecule has 0 aliphatic heterocycles. The fourth-order valence-electron chi connectivity index (χ4n) is 0.588. The highest BCUT2D eigenvalue weighted by Gasteiger charge is 1.95. The van der Waals surface area contributed by atoms with Gasteiger partial charge in [0.15, 0.2) is 5.82 Å². The second kappa shape index (κ2) is 3.82. The summed E-state index contributed by atoms with van der Waals surface area (Å²) in [6, 6.07) is 1.69. The van der Waals surface area contributed by atoms with Crippen LogP contribution in [0.3, 0.4) is 0 Å². The van der Waals surface area contributed by atoms with Gasteiger partial charge in [-0.15, -0.1) is 10.2 Å². The van der Waals surface area contributed by atoms with Gasteiger partial charge in [0.25, 0.3) is 0 Å². The molecule has 0 fully saturated rings. The van der Waals surface area contributed by atoms with Crippen molar-refractivity contribution < 1.29 is 5.11 Å². The second-order valence-corrected chi connectivity index (χ2v) is 2.24. The molecule has 0 radical (unpaired) electrons. The first kappa shape index (κ1) is 7.87. The van der Waals surface area contributed by atoms with Crippen LogP contribution in [0.4, 0.5) is 5.82 Å². The average molecular weight is 154 g/mol. The number of nitrogens with zero attached hydrogens (tertiary/aromatic N) is 3. The minimum Gasteiger partial charge on any atom is -0.392 e. The minimum atomic E-state index is -0.384. The summed E-state index contributed by atoms with van der Waals surface area (Å²) in [4.78, 5) is 0. The van der Waals surface area contributed by atoms with Gasteiger partial charge in [-0.3, -0.25) is 0 Å². The molecule has 5 nitrogen and oxygen atoms in total. The molecule has 1 heterocycles. The molecule has 0 aliphatic rings. The summed E-state index contributed by atoms with van der Waals surface area (Å²) in [6.45, 7) is 2.17. The number of nitrogens with one attached hydrogen (secondary N) is 1. The van der Waals surface area contributed by atoms with Crippen molar-refractivity contribution in [2.75, 3.05) is 11.9 Å². The summed E-state index contributed by atoms with van der Waals surface area (Å²) in [5.74, 6) is 0.626. The van der Waals surface area contributed by atoms with Crippen LogP contribution in [0.1, 0.15) is 6.92 Å². The van der Waals surface area contributed by atoms with Crippen LogP contribution < -0.4 is 5.32 Å². The summed E-state index contributed by atoms with van der Waals surface area (Å²) in [5.41, 5.74) is 0. The highest BCUT2D eigenvalue weighted by Crippen LogP contribution is 1.95. The molecule has 11 heavy (non-hydrogen) atoms. The van der Waals surface area contributed by atoms with Crippen molar-refractivity contribution in [3.63, 3.8) is 0 Å². The van der Waals surface area contributed by atoms with Crippen molar-refractivity contribution in [1.29, 1.82) is 0 Å². The SMILES string of the molecule is CC(O)CNc1ccnnn1. The van der Waals surface area contributed by atoms with Gasteiger partial charge >= 0.3 is 0 Å². The van der Waals surface area contributed by atoms with Crippen LogP contribution in [0.2, 0.25) is 0 Å². The molecule has 1 aromatic heterocycles. The highest BCUT2D eigenvalue weighted by atomic mass is 16.3. The number of aliphatic hydroxyl groups is 1. The molecule has 0 aliphatic carbocycles. The fourth-order valence-corrected chi connectivity index (χ4v) is 0.588. The molecule has 0 bridgehead atoms. The predicted octanol–water partition coefficient (Wildman–Crippen LogP) is -0.336. The van der Waals surface area contributed by atoms with E-state index in [0.717, 1.165) is 0 Å². The van der Waals surface area contributed by atoms with Gasteiger partial charge in [0, 0.05) is 12.6 Å². The molecular formula is C6H10N4O. The van der Waals surface area contributed by atoms with Crippen molar-refractivity contribution in [1.82, 2.24) is 15.4 Å². The molecule has 5 heteroatoms. The van der Waals surface area contributed by atoms with Gasteiger partial charge in [-0.05, 0) is 12.1 Å². The lowest BCUT2D eigenvalue weighted by Crippen LogP contribution is -2.16. The largest absolute Gasteiger partial charge is 0.392 e. The molecular weight excluding hydrogens is 144 g/mol. The van der Waals surface area contributed by atoms with Gasteiger partial charge in [-0.1, -0.05) is 0 Å². The molecule has 1 aromatic rings. The van der Waals surface area contributed by atoms with E-state index in [9.17, 15) is 0 Å². The zero-order chi connectivity index (χ0) is 8.10. The molecule has 1 atom stereocenters. The van der Waals surface area contributed by atoms with Crippen molar-refractivity contribution >= 4 is 5.82 Å². The van der Waals surface area contributed by atoms with E-state index in [0.29, 0.717) is 12.4 Å². The molecule has 1 unspecified atom stereocenters. The lowest BCUT2D eigenvalue weighted by atomic mass is 10.4. The molecule has 0 saturated carbocycles. The Bertz CT molecular complexity index is 201. The van der Waals surface area contributed by atoms with Gasteiger partial charge in [-0.2, -0.15) is 0 Å². The van der Waals surface area contributed by atoms with E-state index in [1.165, 1.54) is 6.20 Å². The van der Waals surface area contributed by atoms with Crippen LogP contribution in [0.15, 0.2) is 12.3 Å². The Hall–Kier alpha value is -1.23. The normalized spacial score (nSPS) is 12.5. The smallest absolute Gasteiger partial charge is 0.152 e. The van der Waals surface area contributed by atoms with Crippen LogP contribution in [-0.2, 0) is 0 Å². The summed E-state index contributed by atoms with van der Waals surface area (Å²) < 4.78 is 0. The van der Waals surface area contributed by atoms with Gasteiger partial charge in [-0.25, -0.2) is 0 Å². The Morgan fingerprint density at radius 2 is 2.55 bits per heavy atom. The zero-order valence-corrected chi connectivity index (χ0v) is 6.23. The predicted molar refractivity (Wildman–Crippen MR) is 40.0 cm³/mol. The number of rotatable bonds is 3. The van der Waals surface area contributed by atoms with E-state index >= 15 is 0 Å². The number of aliphatic hydroxyl groups excluding tert-OH is 1. The summed E-state index contributed by atoms with van der Waals surface area (Å²) in [7, 11) is 0. The van der Waals surface area contributed by atoms with E-state index in [2.05, 4.69) is 20.7 Å². The van der Waals surface area contributed by atoms with Crippen molar-refractivity contribution in [3.05, 3.63) is 12.3 Å². The van der Waals surface area contributed by atoms with Gasteiger partial charge in [0.05, 0.1) is 12.3 Å². The maximum absolute atomic E-state index is 8.89. The molecule has 0 amide bonds. The highest BCUT2D eigenvalue weighted by molar-refractivity contribution is 5.30.